The molecule has 2 aromatic rings. The van der Waals surface area contributed by atoms with E-state index < -0.39 is 0 Å². The van der Waals surface area contributed by atoms with E-state index in [1.807, 2.05) is 11.3 Å². The van der Waals surface area contributed by atoms with Gasteiger partial charge in [-0.05, 0) is 42.1 Å². The van der Waals surface area contributed by atoms with Crippen LogP contribution in [-0.4, -0.2) is 6.54 Å². The SMILES string of the molecule is CCNC(Cc1cccs1)c1ccc(C)c(Br)c1. The van der Waals surface area contributed by atoms with Gasteiger partial charge in [-0.1, -0.05) is 41.1 Å². The first-order valence-electron chi connectivity index (χ1n) is 6.22. The first kappa shape index (κ1) is 13.8. The largest absolute Gasteiger partial charge is 0.310 e. The lowest BCUT2D eigenvalue weighted by molar-refractivity contribution is 0.553. The Morgan fingerprint density at radius 1 is 1.33 bits per heavy atom. The predicted octanol–water partition coefficient (Wildman–Crippen LogP) is 4.71. The number of halogens is 1. The fourth-order valence-corrected chi connectivity index (χ4v) is 3.16. The summed E-state index contributed by atoms with van der Waals surface area (Å²) in [5, 5.41) is 5.71. The smallest absolute Gasteiger partial charge is 0.0369 e. The van der Waals surface area contributed by atoms with E-state index in [0.29, 0.717) is 6.04 Å². The number of aryl methyl sites for hydroxylation is 1. The highest BCUT2D eigenvalue weighted by Gasteiger charge is 2.12. The lowest BCUT2D eigenvalue weighted by atomic mass is 10.0. The van der Waals surface area contributed by atoms with Gasteiger partial charge in [0.05, 0.1) is 0 Å². The van der Waals surface area contributed by atoms with Gasteiger partial charge < -0.3 is 5.32 Å². The van der Waals surface area contributed by atoms with Crippen LogP contribution >= 0.6 is 27.3 Å². The van der Waals surface area contributed by atoms with Crippen LogP contribution in [0.1, 0.15) is 29.0 Å². The molecule has 96 valence electrons. The summed E-state index contributed by atoms with van der Waals surface area (Å²) in [5.74, 6) is 0. The molecule has 0 saturated heterocycles. The van der Waals surface area contributed by atoms with E-state index in [-0.39, 0.29) is 0 Å². The molecule has 3 heteroatoms. The van der Waals surface area contributed by atoms with Crippen molar-refractivity contribution >= 4 is 27.3 Å². The maximum atomic E-state index is 3.62. The van der Waals surface area contributed by atoms with Crippen LogP contribution in [0, 0.1) is 6.92 Å². The van der Waals surface area contributed by atoms with Crippen molar-refractivity contribution in [1.29, 1.82) is 0 Å². The Kier molecular flexibility index (Phi) is 4.98. The molecule has 1 aromatic heterocycles. The van der Waals surface area contributed by atoms with Crippen LogP contribution in [0.2, 0.25) is 0 Å². The first-order chi connectivity index (χ1) is 8.70. The summed E-state index contributed by atoms with van der Waals surface area (Å²) < 4.78 is 1.19. The van der Waals surface area contributed by atoms with Crippen molar-refractivity contribution in [1.82, 2.24) is 5.32 Å². The Bertz CT molecular complexity index is 493. The molecule has 0 radical (unpaired) electrons. The number of nitrogens with one attached hydrogen (secondary N) is 1. The fraction of sp³-hybridized carbons (Fsp3) is 0.333. The topological polar surface area (TPSA) is 12.0 Å². The molecule has 0 aliphatic heterocycles. The molecule has 18 heavy (non-hydrogen) atoms. The van der Waals surface area contributed by atoms with Crippen molar-refractivity contribution < 1.29 is 0 Å². The van der Waals surface area contributed by atoms with Crippen molar-refractivity contribution in [2.24, 2.45) is 0 Å². The van der Waals surface area contributed by atoms with E-state index >= 15 is 0 Å². The summed E-state index contributed by atoms with van der Waals surface area (Å²) in [6.07, 6.45) is 1.06. The summed E-state index contributed by atoms with van der Waals surface area (Å²) >= 11 is 5.45. The van der Waals surface area contributed by atoms with Crippen LogP contribution in [-0.2, 0) is 6.42 Å². The molecule has 0 amide bonds. The van der Waals surface area contributed by atoms with Crippen LogP contribution in [0.5, 0.6) is 0 Å². The minimum Gasteiger partial charge on any atom is -0.310 e. The highest BCUT2D eigenvalue weighted by Crippen LogP contribution is 2.25. The van der Waals surface area contributed by atoms with E-state index in [9.17, 15) is 0 Å². The van der Waals surface area contributed by atoms with E-state index in [4.69, 9.17) is 0 Å². The van der Waals surface area contributed by atoms with Gasteiger partial charge in [-0.3, -0.25) is 0 Å². The molecule has 0 spiro atoms. The van der Waals surface area contributed by atoms with Gasteiger partial charge in [0.2, 0.25) is 0 Å². The molecule has 2 rings (SSSR count). The minimum absolute atomic E-state index is 0.394. The molecule has 1 unspecified atom stereocenters. The van der Waals surface area contributed by atoms with Gasteiger partial charge in [0.1, 0.15) is 0 Å². The summed E-state index contributed by atoms with van der Waals surface area (Å²) in [6, 6.07) is 11.4. The zero-order valence-corrected chi connectivity index (χ0v) is 13.1. The molecule has 0 aliphatic carbocycles. The number of likely N-dealkylation sites (N-methyl/N-ethyl adjacent to an activating group) is 1. The molecular weight excluding hydrogens is 306 g/mol. The van der Waals surface area contributed by atoms with Gasteiger partial charge in [0.25, 0.3) is 0 Å². The molecule has 1 heterocycles. The molecule has 0 fully saturated rings. The van der Waals surface area contributed by atoms with Crippen molar-refractivity contribution in [3.05, 3.63) is 56.2 Å². The fourth-order valence-electron chi connectivity index (χ4n) is 2.01. The summed E-state index contributed by atoms with van der Waals surface area (Å²) in [6.45, 7) is 5.27. The summed E-state index contributed by atoms with van der Waals surface area (Å²) in [5.41, 5.74) is 2.63. The van der Waals surface area contributed by atoms with Crippen molar-refractivity contribution in [3.63, 3.8) is 0 Å². The van der Waals surface area contributed by atoms with E-state index in [1.54, 1.807) is 0 Å². The second-order valence-electron chi connectivity index (χ2n) is 4.40. The van der Waals surface area contributed by atoms with Gasteiger partial charge in [-0.2, -0.15) is 0 Å². The normalized spacial score (nSPS) is 12.6. The van der Waals surface area contributed by atoms with E-state index in [0.717, 1.165) is 13.0 Å². The Labute approximate surface area is 121 Å². The van der Waals surface area contributed by atoms with Gasteiger partial charge in [-0.15, -0.1) is 11.3 Å². The minimum atomic E-state index is 0.394. The quantitative estimate of drug-likeness (QED) is 0.840. The van der Waals surface area contributed by atoms with Crippen LogP contribution in [0.15, 0.2) is 40.2 Å². The predicted molar refractivity (Wildman–Crippen MR) is 83.3 cm³/mol. The standard InChI is InChI=1S/C15H18BrNS/c1-3-17-15(10-13-5-4-8-18-13)12-7-6-11(2)14(16)9-12/h4-9,15,17H,3,10H2,1-2H3. The maximum Gasteiger partial charge on any atom is 0.0369 e. The highest BCUT2D eigenvalue weighted by molar-refractivity contribution is 9.10. The average molecular weight is 324 g/mol. The van der Waals surface area contributed by atoms with Crippen LogP contribution in [0.25, 0.3) is 0 Å². The third-order valence-corrected chi connectivity index (χ3v) is 4.79. The van der Waals surface area contributed by atoms with Gasteiger partial charge >= 0.3 is 0 Å². The third-order valence-electron chi connectivity index (χ3n) is 3.03. The monoisotopic (exact) mass is 323 g/mol. The van der Waals surface area contributed by atoms with E-state index in [1.165, 1.54) is 20.5 Å². The number of rotatable bonds is 5. The molecule has 1 aromatic carbocycles. The maximum absolute atomic E-state index is 3.62. The van der Waals surface area contributed by atoms with Gasteiger partial charge in [-0.25, -0.2) is 0 Å². The molecule has 1 atom stereocenters. The lowest BCUT2D eigenvalue weighted by Crippen LogP contribution is -2.22. The number of benzene rings is 1. The number of hydrogen-bond donors (Lipinski definition) is 1. The van der Waals surface area contributed by atoms with Gasteiger partial charge in [0, 0.05) is 21.8 Å². The Morgan fingerprint density at radius 3 is 2.78 bits per heavy atom. The van der Waals surface area contributed by atoms with Crippen LogP contribution in [0.4, 0.5) is 0 Å². The van der Waals surface area contributed by atoms with Crippen molar-refractivity contribution in [2.45, 2.75) is 26.3 Å². The molecule has 0 saturated carbocycles. The molecule has 1 nitrogen and oxygen atoms in total. The van der Waals surface area contributed by atoms with Crippen molar-refractivity contribution in [2.75, 3.05) is 6.54 Å². The van der Waals surface area contributed by atoms with Gasteiger partial charge in [0.15, 0.2) is 0 Å². The zero-order valence-electron chi connectivity index (χ0n) is 10.7. The summed E-state index contributed by atoms with van der Waals surface area (Å²) in [4.78, 5) is 1.43. The lowest BCUT2D eigenvalue weighted by Gasteiger charge is -2.18. The van der Waals surface area contributed by atoms with Crippen LogP contribution < -0.4 is 5.32 Å². The highest BCUT2D eigenvalue weighted by atomic mass is 79.9. The second-order valence-corrected chi connectivity index (χ2v) is 6.29. The molecule has 0 aliphatic rings. The second kappa shape index (κ2) is 6.50. The van der Waals surface area contributed by atoms with E-state index in [2.05, 4.69) is 70.8 Å². The first-order valence-corrected chi connectivity index (χ1v) is 7.89. The Balaban J connectivity index is 2.20. The zero-order chi connectivity index (χ0) is 13.0. The average Bonchev–Trinajstić information content (AvgIpc) is 2.85. The Hall–Kier alpha value is -0.640. The summed E-state index contributed by atoms with van der Waals surface area (Å²) in [7, 11) is 0. The number of thiophene rings is 1. The molecule has 1 N–H and O–H groups in total. The Morgan fingerprint density at radius 2 is 2.17 bits per heavy atom. The number of hydrogen-bond acceptors (Lipinski definition) is 2. The molecule has 0 bridgehead atoms. The molecular formula is C15H18BrNS. The van der Waals surface area contributed by atoms with Crippen molar-refractivity contribution in [3.8, 4) is 0 Å². The van der Waals surface area contributed by atoms with Crippen LogP contribution in [0.3, 0.4) is 0 Å². The third kappa shape index (κ3) is 3.44.